The number of amides is 2. The highest BCUT2D eigenvalue weighted by Gasteiger charge is 2.35. The maximum Gasteiger partial charge on any atom is 0.276 e. The van der Waals surface area contributed by atoms with Crippen molar-refractivity contribution in [1.29, 1.82) is 0 Å². The molecule has 2 N–H and O–H groups in total. The first-order valence-electron chi connectivity index (χ1n) is 12.3. The van der Waals surface area contributed by atoms with Gasteiger partial charge < -0.3 is 15.2 Å². The number of rotatable bonds is 9. The second-order valence-corrected chi connectivity index (χ2v) is 10.3. The van der Waals surface area contributed by atoms with E-state index in [4.69, 9.17) is 16.3 Å². The molecular weight excluding hydrogens is 548 g/mol. The van der Waals surface area contributed by atoms with E-state index >= 15 is 0 Å². The van der Waals surface area contributed by atoms with Gasteiger partial charge in [0.05, 0.1) is 36.5 Å². The van der Waals surface area contributed by atoms with Crippen LogP contribution in [0.1, 0.15) is 31.4 Å². The minimum atomic E-state index is -1.23. The van der Waals surface area contributed by atoms with Crippen molar-refractivity contribution in [2.75, 3.05) is 30.1 Å². The first-order valence-corrected chi connectivity index (χ1v) is 12.7. The van der Waals surface area contributed by atoms with Crippen molar-refractivity contribution in [2.24, 2.45) is 0 Å². The lowest BCUT2D eigenvalue weighted by Gasteiger charge is -2.23. The molecule has 3 aromatic rings. The summed E-state index contributed by atoms with van der Waals surface area (Å²) in [6.45, 7) is 2.82. The van der Waals surface area contributed by atoms with E-state index in [9.17, 15) is 28.3 Å². The summed E-state index contributed by atoms with van der Waals surface area (Å²) in [7, 11) is 1.63. The normalized spacial score (nSPS) is 13.0. The van der Waals surface area contributed by atoms with Crippen LogP contribution in [0.4, 0.5) is 20.2 Å². The number of fused-ring (bicyclic) bond motifs is 1. The van der Waals surface area contributed by atoms with Crippen LogP contribution in [0.25, 0.3) is 0 Å². The van der Waals surface area contributed by atoms with Crippen LogP contribution in [-0.2, 0) is 22.7 Å². The van der Waals surface area contributed by atoms with Crippen molar-refractivity contribution < 1.29 is 28.2 Å². The standard InChI is InChI=1S/C27H28ClF2N5O5/c1-27(2,39)10-22(36)34-15-35(23(37)11-31-3)21-8-16(4-7-20(21)34)12-33-14-32-25(24(28)26(33)38)40-13-17-5-6-18(29)9-19(17)30/h4-9,14,31,39H,10-13,15H2,1-3H3. The highest BCUT2D eigenvalue weighted by molar-refractivity contribution is 6.31. The molecule has 0 spiro atoms. The number of carbonyl (C=O) groups is 2. The Morgan fingerprint density at radius 3 is 2.52 bits per heavy atom. The zero-order valence-electron chi connectivity index (χ0n) is 22.1. The summed E-state index contributed by atoms with van der Waals surface area (Å²) in [4.78, 5) is 45.6. The molecule has 4 rings (SSSR count). The lowest BCUT2D eigenvalue weighted by atomic mass is 10.0. The third kappa shape index (κ3) is 6.46. The maximum absolute atomic E-state index is 13.9. The second kappa shape index (κ2) is 11.7. The molecule has 13 heteroatoms. The summed E-state index contributed by atoms with van der Waals surface area (Å²) in [6, 6.07) is 8.10. The summed E-state index contributed by atoms with van der Waals surface area (Å²) >= 11 is 6.20. The molecule has 0 saturated carbocycles. The Balaban J connectivity index is 1.57. The van der Waals surface area contributed by atoms with Gasteiger partial charge in [-0.25, -0.2) is 13.8 Å². The van der Waals surface area contributed by atoms with Crippen molar-refractivity contribution in [2.45, 2.75) is 39.0 Å². The van der Waals surface area contributed by atoms with Crippen LogP contribution in [0, 0.1) is 11.6 Å². The number of hydrogen-bond acceptors (Lipinski definition) is 7. The Morgan fingerprint density at radius 2 is 1.85 bits per heavy atom. The van der Waals surface area contributed by atoms with E-state index in [0.717, 1.165) is 12.1 Å². The molecule has 40 heavy (non-hydrogen) atoms. The van der Waals surface area contributed by atoms with Gasteiger partial charge in [0, 0.05) is 11.6 Å². The van der Waals surface area contributed by atoms with E-state index < -0.39 is 22.8 Å². The topological polar surface area (TPSA) is 117 Å². The molecule has 0 aliphatic carbocycles. The molecule has 0 saturated heterocycles. The van der Waals surface area contributed by atoms with E-state index in [-0.39, 0.29) is 61.1 Å². The fourth-order valence-electron chi connectivity index (χ4n) is 4.19. The summed E-state index contributed by atoms with van der Waals surface area (Å²) in [5, 5.41) is 12.6. The van der Waals surface area contributed by atoms with Crippen LogP contribution >= 0.6 is 11.6 Å². The Kier molecular flexibility index (Phi) is 8.52. The van der Waals surface area contributed by atoms with Gasteiger partial charge in [0.1, 0.15) is 31.2 Å². The lowest BCUT2D eigenvalue weighted by molar-refractivity contribution is -0.122. The van der Waals surface area contributed by atoms with Crippen molar-refractivity contribution >= 4 is 34.8 Å². The number of nitrogens with one attached hydrogen (secondary N) is 1. The van der Waals surface area contributed by atoms with Crippen molar-refractivity contribution in [1.82, 2.24) is 14.9 Å². The van der Waals surface area contributed by atoms with Crippen LogP contribution in [0.2, 0.25) is 5.02 Å². The Bertz CT molecular complexity index is 1510. The summed E-state index contributed by atoms with van der Waals surface area (Å²) in [6.07, 6.45) is 1.09. The maximum atomic E-state index is 13.9. The summed E-state index contributed by atoms with van der Waals surface area (Å²) in [5.74, 6) is -2.34. The van der Waals surface area contributed by atoms with Gasteiger partial charge in [-0.3, -0.25) is 28.8 Å². The second-order valence-electron chi connectivity index (χ2n) is 9.95. The first kappa shape index (κ1) is 29.1. The molecule has 10 nitrogen and oxygen atoms in total. The number of ether oxygens (including phenoxy) is 1. The Labute approximate surface area is 233 Å². The van der Waals surface area contributed by atoms with Crippen LogP contribution < -0.4 is 25.4 Å². The zero-order chi connectivity index (χ0) is 29.2. The first-order chi connectivity index (χ1) is 18.9. The van der Waals surface area contributed by atoms with E-state index in [0.29, 0.717) is 16.9 Å². The van der Waals surface area contributed by atoms with Crippen LogP contribution in [-0.4, -0.2) is 52.3 Å². The number of aliphatic hydroxyl groups is 1. The SMILES string of the molecule is CNCC(=O)N1CN(C(=O)CC(C)(C)O)c2ccc(Cn3cnc(OCc4ccc(F)cc4F)c(Cl)c3=O)cc21. The highest BCUT2D eigenvalue weighted by Crippen LogP contribution is 2.38. The predicted molar refractivity (Wildman–Crippen MR) is 144 cm³/mol. The smallest absolute Gasteiger partial charge is 0.276 e. The van der Waals surface area contributed by atoms with Gasteiger partial charge in [0.25, 0.3) is 5.56 Å². The molecule has 0 fully saturated rings. The molecule has 0 bridgehead atoms. The molecule has 212 valence electrons. The molecule has 2 amide bonds. The van der Waals surface area contributed by atoms with Gasteiger partial charge in [-0.1, -0.05) is 17.7 Å². The fourth-order valence-corrected chi connectivity index (χ4v) is 4.40. The molecule has 1 aliphatic heterocycles. The van der Waals surface area contributed by atoms with Crippen molar-refractivity contribution in [3.8, 4) is 5.88 Å². The minimum absolute atomic E-state index is 0.0117. The van der Waals surface area contributed by atoms with Crippen LogP contribution in [0.3, 0.4) is 0 Å². The molecule has 2 aromatic carbocycles. The predicted octanol–water partition coefficient (Wildman–Crippen LogP) is 2.82. The number of carbonyl (C=O) groups excluding carboxylic acids is 2. The number of anilines is 2. The number of likely N-dealkylation sites (N-methyl/N-ethyl adjacent to an activating group) is 1. The summed E-state index contributed by atoms with van der Waals surface area (Å²) < 4.78 is 33.7. The number of halogens is 3. The quantitative estimate of drug-likeness (QED) is 0.403. The van der Waals surface area contributed by atoms with Crippen molar-refractivity contribution in [3.63, 3.8) is 0 Å². The van der Waals surface area contributed by atoms with Crippen LogP contribution in [0.5, 0.6) is 5.88 Å². The van der Waals surface area contributed by atoms with Crippen LogP contribution in [0.15, 0.2) is 47.5 Å². The molecule has 0 unspecified atom stereocenters. The largest absolute Gasteiger partial charge is 0.471 e. The van der Waals surface area contributed by atoms with Gasteiger partial charge in [0.15, 0.2) is 5.02 Å². The van der Waals surface area contributed by atoms with E-state index in [1.165, 1.54) is 40.6 Å². The monoisotopic (exact) mass is 575 g/mol. The molecule has 0 atom stereocenters. The van der Waals surface area contributed by atoms with Gasteiger partial charge >= 0.3 is 0 Å². The average Bonchev–Trinajstić information content (AvgIpc) is 3.26. The van der Waals surface area contributed by atoms with Gasteiger partial charge in [-0.05, 0) is 50.7 Å². The molecular formula is C27H28ClF2N5O5. The Morgan fingerprint density at radius 1 is 1.12 bits per heavy atom. The van der Waals surface area contributed by atoms with Gasteiger partial charge in [-0.15, -0.1) is 0 Å². The van der Waals surface area contributed by atoms with E-state index in [1.807, 2.05) is 0 Å². The lowest BCUT2D eigenvalue weighted by Crippen LogP contribution is -2.43. The Hall–Kier alpha value is -3.87. The minimum Gasteiger partial charge on any atom is -0.471 e. The van der Waals surface area contributed by atoms with Gasteiger partial charge in [0.2, 0.25) is 17.7 Å². The molecule has 2 heterocycles. The molecule has 0 radical (unpaired) electrons. The number of aromatic nitrogens is 2. The number of benzene rings is 2. The third-order valence-electron chi connectivity index (χ3n) is 6.10. The molecule has 1 aromatic heterocycles. The number of hydrogen-bond donors (Lipinski definition) is 2. The highest BCUT2D eigenvalue weighted by atomic mass is 35.5. The summed E-state index contributed by atoms with van der Waals surface area (Å²) in [5.41, 5.74) is -0.167. The fraction of sp³-hybridized carbons (Fsp3) is 0.333. The number of nitrogens with zero attached hydrogens (tertiary/aromatic N) is 4. The van der Waals surface area contributed by atoms with E-state index in [2.05, 4.69) is 10.3 Å². The zero-order valence-corrected chi connectivity index (χ0v) is 22.8. The van der Waals surface area contributed by atoms with E-state index in [1.54, 1.807) is 25.2 Å². The van der Waals surface area contributed by atoms with Crippen molar-refractivity contribution in [3.05, 3.63) is 80.9 Å². The average molecular weight is 576 g/mol. The third-order valence-corrected chi connectivity index (χ3v) is 6.42. The van der Waals surface area contributed by atoms with Gasteiger partial charge in [-0.2, -0.15) is 0 Å². The molecule has 1 aliphatic rings.